The van der Waals surface area contributed by atoms with Crippen LogP contribution in [-0.4, -0.2) is 35.1 Å². The number of nitrogens with zero attached hydrogens (tertiary/aromatic N) is 1. The highest BCUT2D eigenvalue weighted by Crippen LogP contribution is 2.29. The van der Waals surface area contributed by atoms with Crippen molar-refractivity contribution < 1.29 is 9.90 Å². The lowest BCUT2D eigenvalue weighted by molar-refractivity contribution is -0.141. The van der Waals surface area contributed by atoms with Gasteiger partial charge in [-0.2, -0.15) is 0 Å². The van der Waals surface area contributed by atoms with E-state index in [1.165, 1.54) is 19.3 Å². The Hall–Kier alpha value is -0.570. The minimum absolute atomic E-state index is 0.249. The molecule has 1 fully saturated rings. The quantitative estimate of drug-likeness (QED) is 0.761. The Morgan fingerprint density at radius 1 is 1.53 bits per heavy atom. The summed E-state index contributed by atoms with van der Waals surface area (Å²) >= 11 is 0. The van der Waals surface area contributed by atoms with E-state index in [9.17, 15) is 4.79 Å². The third kappa shape index (κ3) is 3.49. The molecular weight excluding hydrogens is 190 g/mol. The predicted octanol–water partition coefficient (Wildman–Crippen LogP) is 2.22. The number of aliphatic carboxylic acids is 1. The first-order valence-electron chi connectivity index (χ1n) is 6.01. The van der Waals surface area contributed by atoms with E-state index in [-0.39, 0.29) is 5.92 Å². The van der Waals surface area contributed by atoms with Gasteiger partial charge in [-0.05, 0) is 31.7 Å². The number of hydrogen-bond donors (Lipinski definition) is 1. The number of carbonyl (C=O) groups is 1. The second-order valence-electron chi connectivity index (χ2n) is 4.90. The average Bonchev–Trinajstić information content (AvgIpc) is 2.60. The Balaban J connectivity index is 2.45. The summed E-state index contributed by atoms with van der Waals surface area (Å²) in [6.45, 7) is 7.87. The highest BCUT2D eigenvalue weighted by Gasteiger charge is 2.27. The molecule has 0 bridgehead atoms. The van der Waals surface area contributed by atoms with E-state index in [0.717, 1.165) is 12.5 Å². The number of carboxylic acids is 1. The van der Waals surface area contributed by atoms with Crippen molar-refractivity contribution in [3.63, 3.8) is 0 Å². The molecular formula is C12H23NO2. The van der Waals surface area contributed by atoms with Gasteiger partial charge in [0.05, 0.1) is 5.92 Å². The fraction of sp³-hybridized carbons (Fsp3) is 0.917. The summed E-state index contributed by atoms with van der Waals surface area (Å²) in [5.41, 5.74) is 0. The van der Waals surface area contributed by atoms with Crippen LogP contribution in [0.2, 0.25) is 0 Å². The van der Waals surface area contributed by atoms with Gasteiger partial charge in [0.1, 0.15) is 0 Å². The van der Waals surface area contributed by atoms with Crippen molar-refractivity contribution >= 4 is 5.97 Å². The molecule has 1 aliphatic carbocycles. The van der Waals surface area contributed by atoms with Crippen molar-refractivity contribution in [2.24, 2.45) is 11.8 Å². The monoisotopic (exact) mass is 213 g/mol. The van der Waals surface area contributed by atoms with E-state index in [1.807, 2.05) is 0 Å². The standard InChI is InChI=1S/C12H23NO2/c1-4-13(8-10(3)12(14)15)11-6-5-9(2)7-11/h9-11H,4-8H2,1-3H3,(H,14,15). The maximum Gasteiger partial charge on any atom is 0.307 e. The summed E-state index contributed by atoms with van der Waals surface area (Å²) in [6.07, 6.45) is 3.77. The van der Waals surface area contributed by atoms with Crippen LogP contribution in [0.1, 0.15) is 40.0 Å². The molecule has 88 valence electrons. The Morgan fingerprint density at radius 3 is 2.60 bits per heavy atom. The van der Waals surface area contributed by atoms with E-state index in [1.54, 1.807) is 6.92 Å². The van der Waals surface area contributed by atoms with E-state index in [2.05, 4.69) is 18.7 Å². The van der Waals surface area contributed by atoms with Gasteiger partial charge in [-0.1, -0.05) is 20.8 Å². The normalized spacial score (nSPS) is 28.3. The maximum atomic E-state index is 10.8. The SMILES string of the molecule is CCN(CC(C)C(=O)O)C1CCC(C)C1. The van der Waals surface area contributed by atoms with Gasteiger partial charge in [0, 0.05) is 12.6 Å². The molecule has 1 N–H and O–H groups in total. The Bertz CT molecular complexity index is 218. The lowest BCUT2D eigenvalue weighted by Gasteiger charge is -2.29. The van der Waals surface area contributed by atoms with Gasteiger partial charge in [-0.3, -0.25) is 9.69 Å². The number of rotatable bonds is 5. The van der Waals surface area contributed by atoms with E-state index in [0.29, 0.717) is 12.6 Å². The molecule has 0 aromatic carbocycles. The molecule has 3 unspecified atom stereocenters. The molecule has 0 spiro atoms. The third-order valence-corrected chi connectivity index (χ3v) is 3.52. The van der Waals surface area contributed by atoms with Crippen LogP contribution in [0, 0.1) is 11.8 Å². The summed E-state index contributed by atoms with van der Waals surface area (Å²) in [7, 11) is 0. The molecule has 1 aliphatic rings. The van der Waals surface area contributed by atoms with Gasteiger partial charge >= 0.3 is 5.97 Å². The molecule has 0 aromatic heterocycles. The van der Waals surface area contributed by atoms with Gasteiger partial charge in [-0.15, -0.1) is 0 Å². The van der Waals surface area contributed by atoms with Crippen LogP contribution in [0.25, 0.3) is 0 Å². The summed E-state index contributed by atoms with van der Waals surface area (Å²) in [6, 6.07) is 0.617. The molecule has 1 rings (SSSR count). The zero-order chi connectivity index (χ0) is 11.4. The molecule has 1 saturated carbocycles. The summed E-state index contributed by atoms with van der Waals surface area (Å²) in [5, 5.41) is 8.89. The second-order valence-corrected chi connectivity index (χ2v) is 4.90. The first-order valence-corrected chi connectivity index (χ1v) is 6.01. The van der Waals surface area contributed by atoms with Crippen LogP contribution < -0.4 is 0 Å². The Labute approximate surface area is 92.5 Å². The smallest absolute Gasteiger partial charge is 0.307 e. The molecule has 0 aromatic rings. The summed E-state index contributed by atoms with van der Waals surface area (Å²) in [5.74, 6) is -0.121. The van der Waals surface area contributed by atoms with Crippen molar-refractivity contribution in [1.82, 2.24) is 4.90 Å². The van der Waals surface area contributed by atoms with Gasteiger partial charge < -0.3 is 5.11 Å². The van der Waals surface area contributed by atoms with Crippen molar-refractivity contribution in [3.05, 3.63) is 0 Å². The number of hydrogen-bond acceptors (Lipinski definition) is 2. The molecule has 0 heterocycles. The predicted molar refractivity (Wildman–Crippen MR) is 60.8 cm³/mol. The van der Waals surface area contributed by atoms with Crippen molar-refractivity contribution in [1.29, 1.82) is 0 Å². The fourth-order valence-corrected chi connectivity index (χ4v) is 2.47. The van der Waals surface area contributed by atoms with Gasteiger partial charge in [0.15, 0.2) is 0 Å². The first-order chi connectivity index (χ1) is 7.04. The molecule has 3 heteroatoms. The van der Waals surface area contributed by atoms with Crippen LogP contribution in [0.4, 0.5) is 0 Å². The van der Waals surface area contributed by atoms with Gasteiger partial charge in [0.25, 0.3) is 0 Å². The van der Waals surface area contributed by atoms with Crippen LogP contribution in [-0.2, 0) is 4.79 Å². The molecule has 15 heavy (non-hydrogen) atoms. The zero-order valence-electron chi connectivity index (χ0n) is 10.1. The van der Waals surface area contributed by atoms with Crippen molar-refractivity contribution in [2.45, 2.75) is 46.1 Å². The largest absolute Gasteiger partial charge is 0.481 e. The summed E-state index contributed by atoms with van der Waals surface area (Å²) < 4.78 is 0. The van der Waals surface area contributed by atoms with E-state index < -0.39 is 5.97 Å². The first kappa shape index (κ1) is 12.5. The van der Waals surface area contributed by atoms with Crippen LogP contribution >= 0.6 is 0 Å². The highest BCUT2D eigenvalue weighted by molar-refractivity contribution is 5.69. The maximum absolute atomic E-state index is 10.8. The molecule has 3 atom stereocenters. The Morgan fingerprint density at radius 2 is 2.20 bits per heavy atom. The lowest BCUT2D eigenvalue weighted by Crippen LogP contribution is -2.38. The minimum atomic E-state index is -0.681. The molecule has 0 amide bonds. The van der Waals surface area contributed by atoms with Crippen LogP contribution in [0.3, 0.4) is 0 Å². The molecule has 3 nitrogen and oxygen atoms in total. The minimum Gasteiger partial charge on any atom is -0.481 e. The highest BCUT2D eigenvalue weighted by atomic mass is 16.4. The molecule has 0 aliphatic heterocycles. The average molecular weight is 213 g/mol. The van der Waals surface area contributed by atoms with Crippen molar-refractivity contribution in [2.75, 3.05) is 13.1 Å². The van der Waals surface area contributed by atoms with Gasteiger partial charge in [-0.25, -0.2) is 0 Å². The molecule has 0 saturated heterocycles. The van der Waals surface area contributed by atoms with E-state index in [4.69, 9.17) is 5.11 Å². The number of carboxylic acid groups (broad SMARTS) is 1. The fourth-order valence-electron chi connectivity index (χ4n) is 2.47. The molecule has 0 radical (unpaired) electrons. The Kier molecular flexibility index (Phi) is 4.58. The zero-order valence-corrected chi connectivity index (χ0v) is 10.1. The third-order valence-electron chi connectivity index (χ3n) is 3.52. The van der Waals surface area contributed by atoms with Crippen LogP contribution in [0.15, 0.2) is 0 Å². The van der Waals surface area contributed by atoms with Crippen molar-refractivity contribution in [3.8, 4) is 0 Å². The van der Waals surface area contributed by atoms with E-state index >= 15 is 0 Å². The summed E-state index contributed by atoms with van der Waals surface area (Å²) in [4.78, 5) is 13.1. The lowest BCUT2D eigenvalue weighted by atomic mass is 10.1. The van der Waals surface area contributed by atoms with Crippen LogP contribution in [0.5, 0.6) is 0 Å². The second kappa shape index (κ2) is 5.50. The van der Waals surface area contributed by atoms with Gasteiger partial charge in [0.2, 0.25) is 0 Å². The topological polar surface area (TPSA) is 40.5 Å².